The Hall–Kier alpha value is -0.770. The molecule has 0 fully saturated rings. The molecular formula is C9H17ClN2O2. The summed E-state index contributed by atoms with van der Waals surface area (Å²) in [5.74, 6) is -0.308. The highest BCUT2D eigenvalue weighted by Gasteiger charge is 2.13. The lowest BCUT2D eigenvalue weighted by molar-refractivity contribution is -0.117. The maximum Gasteiger partial charge on any atom is 0.321 e. The van der Waals surface area contributed by atoms with Gasteiger partial charge in [0.15, 0.2) is 0 Å². The number of rotatable bonds is 4. The van der Waals surface area contributed by atoms with Crippen LogP contribution in [0.2, 0.25) is 0 Å². The number of hydrogen-bond acceptors (Lipinski definition) is 2. The molecule has 0 rings (SSSR count). The lowest BCUT2D eigenvalue weighted by atomic mass is 10.0. The van der Waals surface area contributed by atoms with Crippen molar-refractivity contribution in [2.45, 2.75) is 33.2 Å². The fourth-order valence-electron chi connectivity index (χ4n) is 0.899. The molecular weight excluding hydrogens is 204 g/mol. The normalized spacial score (nSPS) is 14.3. The number of nitrogens with one attached hydrogen (secondary N) is 2. The predicted octanol–water partition coefficient (Wildman–Crippen LogP) is 1.49. The molecule has 0 heterocycles. The maximum atomic E-state index is 11.1. The van der Waals surface area contributed by atoms with Crippen molar-refractivity contribution in [3.63, 3.8) is 0 Å². The second-order valence-electron chi connectivity index (χ2n) is 3.33. The van der Waals surface area contributed by atoms with E-state index in [0.29, 0.717) is 5.92 Å². The molecule has 2 N–H and O–H groups in total. The molecule has 0 aliphatic rings. The molecule has 0 saturated carbocycles. The average molecular weight is 221 g/mol. The molecule has 2 atom stereocenters. The van der Waals surface area contributed by atoms with Crippen LogP contribution in [0.1, 0.15) is 27.2 Å². The minimum atomic E-state index is -0.486. The summed E-state index contributed by atoms with van der Waals surface area (Å²) in [6.45, 7) is 5.98. The molecule has 3 amide bonds. The van der Waals surface area contributed by atoms with E-state index in [2.05, 4.69) is 10.6 Å². The summed E-state index contributed by atoms with van der Waals surface area (Å²) in [6, 6.07) is -0.438. The van der Waals surface area contributed by atoms with Gasteiger partial charge < -0.3 is 5.32 Å². The van der Waals surface area contributed by atoms with Crippen LogP contribution in [-0.2, 0) is 4.79 Å². The lowest BCUT2D eigenvalue weighted by Crippen LogP contribution is -2.45. The Bertz CT molecular complexity index is 209. The molecule has 0 spiro atoms. The minimum Gasteiger partial charge on any atom is -0.335 e. The number of hydrogen-bond donors (Lipinski definition) is 2. The van der Waals surface area contributed by atoms with E-state index in [0.717, 1.165) is 6.42 Å². The first kappa shape index (κ1) is 13.2. The molecule has 4 nitrogen and oxygen atoms in total. The van der Waals surface area contributed by atoms with Crippen LogP contribution in [-0.4, -0.2) is 23.9 Å². The SMILES string of the molecule is CCC(C)C(C)NC(=O)NC(=O)CCl. The van der Waals surface area contributed by atoms with Crippen LogP contribution in [0.15, 0.2) is 0 Å². The van der Waals surface area contributed by atoms with Gasteiger partial charge in [0.1, 0.15) is 5.88 Å². The molecule has 0 aliphatic heterocycles. The number of halogens is 1. The first-order valence-electron chi connectivity index (χ1n) is 4.67. The van der Waals surface area contributed by atoms with Crippen molar-refractivity contribution in [1.82, 2.24) is 10.6 Å². The van der Waals surface area contributed by atoms with E-state index < -0.39 is 11.9 Å². The van der Waals surface area contributed by atoms with E-state index in [-0.39, 0.29) is 11.9 Å². The largest absolute Gasteiger partial charge is 0.335 e. The second-order valence-corrected chi connectivity index (χ2v) is 3.60. The van der Waals surface area contributed by atoms with Gasteiger partial charge in [-0.15, -0.1) is 11.6 Å². The summed E-state index contributed by atoms with van der Waals surface area (Å²) in [5.41, 5.74) is 0. The Balaban J connectivity index is 3.88. The van der Waals surface area contributed by atoms with Crippen molar-refractivity contribution in [1.29, 1.82) is 0 Å². The number of urea groups is 1. The van der Waals surface area contributed by atoms with Crippen molar-refractivity contribution in [3.8, 4) is 0 Å². The molecule has 82 valence electrons. The summed E-state index contributed by atoms with van der Waals surface area (Å²) in [4.78, 5) is 21.9. The van der Waals surface area contributed by atoms with Crippen LogP contribution in [0.25, 0.3) is 0 Å². The van der Waals surface area contributed by atoms with Crippen LogP contribution in [0, 0.1) is 5.92 Å². The van der Waals surface area contributed by atoms with Crippen LogP contribution in [0.3, 0.4) is 0 Å². The van der Waals surface area contributed by atoms with Crippen molar-refractivity contribution in [3.05, 3.63) is 0 Å². The Labute approximate surface area is 89.4 Å². The third kappa shape index (κ3) is 5.07. The van der Waals surface area contributed by atoms with Gasteiger partial charge in [0.05, 0.1) is 0 Å². The number of imide groups is 1. The van der Waals surface area contributed by atoms with Crippen molar-refractivity contribution >= 4 is 23.5 Å². The van der Waals surface area contributed by atoms with Crippen LogP contribution >= 0.6 is 11.6 Å². The zero-order valence-corrected chi connectivity index (χ0v) is 9.52. The monoisotopic (exact) mass is 220 g/mol. The number of carbonyl (C=O) groups is 2. The highest BCUT2D eigenvalue weighted by Crippen LogP contribution is 2.05. The van der Waals surface area contributed by atoms with Crippen LogP contribution < -0.4 is 10.6 Å². The Kier molecular flexibility index (Phi) is 6.28. The average Bonchev–Trinajstić information content (AvgIpc) is 2.15. The smallest absolute Gasteiger partial charge is 0.321 e. The number of carbonyl (C=O) groups excluding carboxylic acids is 2. The number of alkyl halides is 1. The van der Waals surface area contributed by atoms with Gasteiger partial charge in [0.25, 0.3) is 0 Å². The third-order valence-corrected chi connectivity index (χ3v) is 2.47. The second kappa shape index (κ2) is 6.65. The summed E-state index contributed by atoms with van der Waals surface area (Å²) >= 11 is 5.23. The predicted molar refractivity (Wildman–Crippen MR) is 56.3 cm³/mol. The summed E-state index contributed by atoms with van der Waals surface area (Å²) in [6.07, 6.45) is 0.977. The van der Waals surface area contributed by atoms with Gasteiger partial charge in [-0.1, -0.05) is 20.3 Å². The molecule has 0 radical (unpaired) electrons. The topological polar surface area (TPSA) is 58.2 Å². The molecule has 14 heavy (non-hydrogen) atoms. The third-order valence-electron chi connectivity index (χ3n) is 2.23. The van der Waals surface area contributed by atoms with Crippen LogP contribution in [0.4, 0.5) is 4.79 Å². The fourth-order valence-corrected chi connectivity index (χ4v) is 0.966. The zero-order valence-electron chi connectivity index (χ0n) is 8.76. The van der Waals surface area contributed by atoms with E-state index in [4.69, 9.17) is 11.6 Å². The first-order valence-corrected chi connectivity index (χ1v) is 5.21. The Morgan fingerprint density at radius 3 is 2.36 bits per heavy atom. The molecule has 0 bridgehead atoms. The minimum absolute atomic E-state index is 0.0446. The van der Waals surface area contributed by atoms with Crippen molar-refractivity contribution in [2.24, 2.45) is 5.92 Å². The Morgan fingerprint density at radius 2 is 1.93 bits per heavy atom. The number of amides is 3. The van der Waals surface area contributed by atoms with E-state index in [1.807, 2.05) is 20.8 Å². The summed E-state index contributed by atoms with van der Waals surface area (Å²) in [7, 11) is 0. The highest BCUT2D eigenvalue weighted by atomic mass is 35.5. The first-order chi connectivity index (χ1) is 6.51. The summed E-state index contributed by atoms with van der Waals surface area (Å²) < 4.78 is 0. The molecule has 2 unspecified atom stereocenters. The van der Waals surface area contributed by atoms with E-state index in [1.165, 1.54) is 0 Å². The van der Waals surface area contributed by atoms with Gasteiger partial charge in [-0.3, -0.25) is 10.1 Å². The zero-order chi connectivity index (χ0) is 11.1. The molecule has 0 aliphatic carbocycles. The van der Waals surface area contributed by atoms with Gasteiger partial charge in [0, 0.05) is 6.04 Å². The van der Waals surface area contributed by atoms with Crippen molar-refractivity contribution < 1.29 is 9.59 Å². The molecule has 0 aromatic heterocycles. The van der Waals surface area contributed by atoms with Gasteiger partial charge in [0.2, 0.25) is 5.91 Å². The lowest BCUT2D eigenvalue weighted by Gasteiger charge is -2.19. The maximum absolute atomic E-state index is 11.1. The Morgan fingerprint density at radius 1 is 1.36 bits per heavy atom. The summed E-state index contributed by atoms with van der Waals surface area (Å²) in [5, 5.41) is 4.78. The van der Waals surface area contributed by atoms with Gasteiger partial charge in [-0.2, -0.15) is 0 Å². The van der Waals surface area contributed by atoms with Gasteiger partial charge in [-0.25, -0.2) is 4.79 Å². The quantitative estimate of drug-likeness (QED) is 0.706. The van der Waals surface area contributed by atoms with E-state index in [1.54, 1.807) is 0 Å². The van der Waals surface area contributed by atoms with E-state index in [9.17, 15) is 9.59 Å². The fraction of sp³-hybridized carbons (Fsp3) is 0.778. The van der Waals surface area contributed by atoms with Gasteiger partial charge >= 0.3 is 6.03 Å². The highest BCUT2D eigenvalue weighted by molar-refractivity contribution is 6.28. The van der Waals surface area contributed by atoms with Crippen LogP contribution in [0.5, 0.6) is 0 Å². The molecule has 0 aromatic carbocycles. The van der Waals surface area contributed by atoms with E-state index >= 15 is 0 Å². The standard InChI is InChI=1S/C9H17ClN2O2/c1-4-6(2)7(3)11-9(14)12-8(13)5-10/h6-7H,4-5H2,1-3H3,(H2,11,12,13,14). The van der Waals surface area contributed by atoms with Gasteiger partial charge in [-0.05, 0) is 12.8 Å². The molecule has 0 saturated heterocycles. The van der Waals surface area contributed by atoms with Crippen molar-refractivity contribution in [2.75, 3.05) is 5.88 Å². The molecule has 0 aromatic rings. The molecule has 5 heteroatoms.